The number of aromatic nitrogens is 1. The number of ether oxygens (including phenoxy) is 1. The molecule has 0 saturated carbocycles. The number of nitrogens with one attached hydrogen (secondary N) is 3. The maximum atomic E-state index is 12.7. The summed E-state index contributed by atoms with van der Waals surface area (Å²) < 4.78 is 44.1. The van der Waals surface area contributed by atoms with Crippen LogP contribution in [0.4, 0.5) is 13.2 Å². The number of pyridine rings is 1. The van der Waals surface area contributed by atoms with E-state index in [1.54, 1.807) is 24.3 Å². The highest BCUT2D eigenvalue weighted by Crippen LogP contribution is 2.26. The van der Waals surface area contributed by atoms with Crippen LogP contribution in [0.25, 0.3) is 0 Å². The van der Waals surface area contributed by atoms with Crippen molar-refractivity contribution in [1.29, 1.82) is 0 Å². The summed E-state index contributed by atoms with van der Waals surface area (Å²) in [5, 5.41) is 8.09. The van der Waals surface area contributed by atoms with Crippen molar-refractivity contribution < 1.29 is 27.5 Å². The Morgan fingerprint density at radius 1 is 1.18 bits per heavy atom. The number of benzene rings is 1. The highest BCUT2D eigenvalue weighted by atomic mass is 19.4. The normalized spacial score (nSPS) is 18.2. The Morgan fingerprint density at radius 3 is 2.48 bits per heavy atom. The van der Waals surface area contributed by atoms with Gasteiger partial charge >= 0.3 is 12.1 Å². The van der Waals surface area contributed by atoms with Gasteiger partial charge in [-0.15, -0.1) is 0 Å². The fourth-order valence-corrected chi connectivity index (χ4v) is 3.54. The summed E-state index contributed by atoms with van der Waals surface area (Å²) in [7, 11) is 0. The van der Waals surface area contributed by atoms with Gasteiger partial charge in [0, 0.05) is 12.6 Å². The zero-order valence-corrected chi connectivity index (χ0v) is 18.4. The van der Waals surface area contributed by atoms with Crippen LogP contribution in [0.3, 0.4) is 0 Å². The predicted octanol–water partition coefficient (Wildman–Crippen LogP) is 3.06. The molecule has 2 amide bonds. The Labute approximate surface area is 190 Å². The van der Waals surface area contributed by atoms with Crippen molar-refractivity contribution in [3.63, 3.8) is 0 Å². The maximum absolute atomic E-state index is 12.7. The number of hydrogen-bond acceptors (Lipinski definition) is 5. The molecule has 3 rings (SSSR count). The van der Waals surface area contributed by atoms with Gasteiger partial charge in [-0.1, -0.05) is 29.8 Å². The number of carbonyl (C=O) groups excluding carboxylic acids is 2. The minimum Gasteiger partial charge on any atom is -0.482 e. The standard InChI is InChI=1S/C23H27F3N4O3/c1-14-5-7-16(8-6-14)20(15(2)29-22(32)23(24,25)26)33-18-9-10-19(28-13-18)21(31)30-17-4-3-11-27-12-17/h5-10,13,15,17,20,27H,3-4,11-12H2,1-2H3,(H,29,32)(H,30,31)/t15?,17-,20?/m1/s1. The van der Waals surface area contributed by atoms with Crippen LogP contribution in [0.2, 0.25) is 0 Å². The SMILES string of the molecule is Cc1ccc(C(Oc2ccc(C(=O)N[C@@H]3CCCNC3)nc2)C(C)NC(=O)C(F)(F)F)cc1. The number of amides is 2. The van der Waals surface area contributed by atoms with Crippen molar-refractivity contribution in [1.82, 2.24) is 20.9 Å². The predicted molar refractivity (Wildman–Crippen MR) is 116 cm³/mol. The Bertz CT molecular complexity index is 943. The summed E-state index contributed by atoms with van der Waals surface area (Å²) in [5.41, 5.74) is 1.76. The molecule has 3 atom stereocenters. The zero-order chi connectivity index (χ0) is 24.0. The minimum atomic E-state index is -5.00. The quantitative estimate of drug-likeness (QED) is 0.586. The third kappa shape index (κ3) is 6.92. The van der Waals surface area contributed by atoms with E-state index in [-0.39, 0.29) is 23.4 Å². The van der Waals surface area contributed by atoms with Crippen LogP contribution < -0.4 is 20.7 Å². The van der Waals surface area contributed by atoms with E-state index >= 15 is 0 Å². The third-order valence-corrected chi connectivity index (χ3v) is 5.34. The molecule has 2 aromatic rings. The molecule has 1 aromatic carbocycles. The van der Waals surface area contributed by atoms with E-state index in [2.05, 4.69) is 15.6 Å². The fourth-order valence-electron chi connectivity index (χ4n) is 3.54. The molecule has 0 aliphatic carbocycles. The van der Waals surface area contributed by atoms with E-state index in [0.717, 1.165) is 24.9 Å². The first-order valence-electron chi connectivity index (χ1n) is 10.7. The number of piperidine rings is 1. The number of nitrogens with zero attached hydrogens (tertiary/aromatic N) is 1. The molecule has 1 aromatic heterocycles. The molecule has 33 heavy (non-hydrogen) atoms. The largest absolute Gasteiger partial charge is 0.482 e. The van der Waals surface area contributed by atoms with Gasteiger partial charge < -0.3 is 20.7 Å². The number of alkyl halides is 3. The van der Waals surface area contributed by atoms with Gasteiger partial charge in [0.25, 0.3) is 5.91 Å². The Kier molecular flexibility index (Phi) is 7.91. The molecule has 0 radical (unpaired) electrons. The molecule has 0 bridgehead atoms. The van der Waals surface area contributed by atoms with Crippen molar-refractivity contribution in [2.45, 2.75) is 51.1 Å². The lowest BCUT2D eigenvalue weighted by Gasteiger charge is -2.27. The fraction of sp³-hybridized carbons (Fsp3) is 0.435. The summed E-state index contributed by atoms with van der Waals surface area (Å²) in [6, 6.07) is 9.11. The van der Waals surface area contributed by atoms with E-state index in [1.807, 2.05) is 12.2 Å². The Hall–Kier alpha value is -3.14. The summed E-state index contributed by atoms with van der Waals surface area (Å²) >= 11 is 0. The highest BCUT2D eigenvalue weighted by Gasteiger charge is 2.40. The lowest BCUT2D eigenvalue weighted by Crippen LogP contribution is -2.45. The molecule has 1 saturated heterocycles. The van der Waals surface area contributed by atoms with Crippen molar-refractivity contribution >= 4 is 11.8 Å². The van der Waals surface area contributed by atoms with Gasteiger partial charge in [0.15, 0.2) is 0 Å². The van der Waals surface area contributed by atoms with Crippen LogP contribution in [0.15, 0.2) is 42.6 Å². The van der Waals surface area contributed by atoms with Crippen molar-refractivity contribution in [2.75, 3.05) is 13.1 Å². The molecule has 1 fully saturated rings. The maximum Gasteiger partial charge on any atom is 0.471 e. The van der Waals surface area contributed by atoms with E-state index in [9.17, 15) is 22.8 Å². The van der Waals surface area contributed by atoms with Gasteiger partial charge in [-0.25, -0.2) is 4.98 Å². The molecule has 1 aliphatic rings. The molecule has 2 unspecified atom stereocenters. The van der Waals surface area contributed by atoms with Gasteiger partial charge in [-0.3, -0.25) is 9.59 Å². The van der Waals surface area contributed by atoms with Crippen LogP contribution in [0.5, 0.6) is 5.75 Å². The molecule has 2 heterocycles. The molecule has 3 N–H and O–H groups in total. The minimum absolute atomic E-state index is 0.0352. The first-order chi connectivity index (χ1) is 15.6. The summed E-state index contributed by atoms with van der Waals surface area (Å²) in [6.45, 7) is 4.94. The van der Waals surface area contributed by atoms with E-state index in [1.165, 1.54) is 25.3 Å². The zero-order valence-electron chi connectivity index (χ0n) is 18.4. The lowest BCUT2D eigenvalue weighted by molar-refractivity contribution is -0.174. The monoisotopic (exact) mass is 464 g/mol. The van der Waals surface area contributed by atoms with Gasteiger partial charge in [0.1, 0.15) is 17.5 Å². The lowest BCUT2D eigenvalue weighted by atomic mass is 10.0. The van der Waals surface area contributed by atoms with Crippen LogP contribution in [0.1, 0.15) is 47.5 Å². The van der Waals surface area contributed by atoms with Gasteiger partial charge in [0.2, 0.25) is 0 Å². The second-order valence-electron chi connectivity index (χ2n) is 8.10. The van der Waals surface area contributed by atoms with Crippen molar-refractivity contribution in [2.24, 2.45) is 0 Å². The Balaban J connectivity index is 1.72. The average Bonchev–Trinajstić information content (AvgIpc) is 2.78. The highest BCUT2D eigenvalue weighted by molar-refractivity contribution is 5.92. The molecule has 7 nitrogen and oxygen atoms in total. The Morgan fingerprint density at radius 2 is 1.91 bits per heavy atom. The third-order valence-electron chi connectivity index (χ3n) is 5.34. The second kappa shape index (κ2) is 10.7. The summed E-state index contributed by atoms with van der Waals surface area (Å²) in [5.74, 6) is -2.10. The number of aryl methyl sites for hydroxylation is 1. The number of carbonyl (C=O) groups is 2. The van der Waals surface area contributed by atoms with Crippen LogP contribution >= 0.6 is 0 Å². The number of halogens is 3. The molecule has 10 heteroatoms. The number of hydrogen-bond donors (Lipinski definition) is 3. The summed E-state index contributed by atoms with van der Waals surface area (Å²) in [6.07, 6.45) is -2.70. The van der Waals surface area contributed by atoms with E-state index in [0.29, 0.717) is 12.1 Å². The average molecular weight is 464 g/mol. The topological polar surface area (TPSA) is 92.3 Å². The van der Waals surface area contributed by atoms with E-state index < -0.39 is 24.2 Å². The van der Waals surface area contributed by atoms with Crippen LogP contribution in [0, 0.1) is 6.92 Å². The molecular weight excluding hydrogens is 437 g/mol. The van der Waals surface area contributed by atoms with Crippen molar-refractivity contribution in [3.05, 3.63) is 59.4 Å². The smallest absolute Gasteiger partial charge is 0.471 e. The second-order valence-corrected chi connectivity index (χ2v) is 8.10. The van der Waals surface area contributed by atoms with Gasteiger partial charge in [0.05, 0.1) is 12.2 Å². The van der Waals surface area contributed by atoms with Gasteiger partial charge in [-0.05, 0) is 50.9 Å². The van der Waals surface area contributed by atoms with Crippen LogP contribution in [-0.4, -0.2) is 48.1 Å². The van der Waals surface area contributed by atoms with Crippen LogP contribution in [-0.2, 0) is 4.79 Å². The molecule has 0 spiro atoms. The van der Waals surface area contributed by atoms with E-state index in [4.69, 9.17) is 4.74 Å². The number of rotatable bonds is 7. The molecular formula is C23H27F3N4O3. The van der Waals surface area contributed by atoms with Gasteiger partial charge in [-0.2, -0.15) is 13.2 Å². The molecule has 178 valence electrons. The first kappa shape index (κ1) is 24.5. The van der Waals surface area contributed by atoms with Crippen molar-refractivity contribution in [3.8, 4) is 5.75 Å². The first-order valence-corrected chi connectivity index (χ1v) is 10.7. The molecule has 1 aliphatic heterocycles. The summed E-state index contributed by atoms with van der Waals surface area (Å²) in [4.78, 5) is 28.0.